The van der Waals surface area contributed by atoms with Gasteiger partial charge in [-0.2, -0.15) is 0 Å². The summed E-state index contributed by atoms with van der Waals surface area (Å²) in [5, 5.41) is 3.50. The number of hydrogen-bond acceptors (Lipinski definition) is 3. The van der Waals surface area contributed by atoms with E-state index in [0.29, 0.717) is 0 Å². The number of rotatable bonds is 6. The second kappa shape index (κ2) is 6.74. The Morgan fingerprint density at radius 2 is 2.41 bits per heavy atom. The second-order valence-electron chi connectivity index (χ2n) is 4.62. The van der Waals surface area contributed by atoms with Gasteiger partial charge in [-0.25, -0.2) is 0 Å². The Bertz CT molecular complexity index is 340. The van der Waals surface area contributed by atoms with Gasteiger partial charge in [-0.05, 0) is 37.9 Å². The van der Waals surface area contributed by atoms with Gasteiger partial charge in [0.15, 0.2) is 0 Å². The minimum Gasteiger partial charge on any atom is -0.311 e. The molecule has 0 aliphatic carbocycles. The summed E-state index contributed by atoms with van der Waals surface area (Å²) >= 11 is 7.56. The van der Waals surface area contributed by atoms with Crippen molar-refractivity contribution >= 4 is 22.9 Å². The molecule has 1 fully saturated rings. The van der Waals surface area contributed by atoms with Gasteiger partial charge in [0.1, 0.15) is 0 Å². The summed E-state index contributed by atoms with van der Waals surface area (Å²) in [5.74, 6) is 0. The van der Waals surface area contributed by atoms with Crippen LogP contribution in [-0.2, 0) is 6.54 Å². The molecule has 1 aliphatic rings. The molecule has 2 heterocycles. The molecule has 1 unspecified atom stereocenters. The van der Waals surface area contributed by atoms with Gasteiger partial charge in [0.25, 0.3) is 0 Å². The lowest BCUT2D eigenvalue weighted by Crippen LogP contribution is -2.35. The van der Waals surface area contributed by atoms with Crippen LogP contribution in [-0.4, -0.2) is 30.6 Å². The highest BCUT2D eigenvalue weighted by Gasteiger charge is 2.21. The maximum Gasteiger partial charge on any atom is 0.0931 e. The van der Waals surface area contributed by atoms with Crippen molar-refractivity contribution in [1.29, 1.82) is 0 Å². The Kier molecular flexibility index (Phi) is 5.29. The standard InChI is InChI=1S/C13H21ClN2S/c1-2-11-4-3-8-16(11)9-7-15-10-12-5-6-13(14)17-12/h5-6,11,15H,2-4,7-10H2,1H3. The molecule has 2 rings (SSSR count). The first-order chi connectivity index (χ1) is 8.29. The average Bonchev–Trinajstić information content (AvgIpc) is 2.93. The summed E-state index contributed by atoms with van der Waals surface area (Å²) in [4.78, 5) is 3.94. The largest absolute Gasteiger partial charge is 0.311 e. The lowest BCUT2D eigenvalue weighted by molar-refractivity contribution is 0.248. The zero-order chi connectivity index (χ0) is 12.1. The van der Waals surface area contributed by atoms with Gasteiger partial charge in [-0.3, -0.25) is 4.90 Å². The maximum absolute atomic E-state index is 5.90. The molecule has 2 nitrogen and oxygen atoms in total. The lowest BCUT2D eigenvalue weighted by atomic mass is 10.2. The number of hydrogen-bond donors (Lipinski definition) is 1. The fourth-order valence-corrected chi connectivity index (χ4v) is 3.59. The molecule has 1 aromatic rings. The highest BCUT2D eigenvalue weighted by molar-refractivity contribution is 7.16. The van der Waals surface area contributed by atoms with Crippen LogP contribution in [0, 0.1) is 0 Å². The predicted octanol–water partition coefficient (Wildman–Crippen LogP) is 3.37. The van der Waals surface area contributed by atoms with Crippen molar-refractivity contribution in [3.05, 3.63) is 21.3 Å². The van der Waals surface area contributed by atoms with Gasteiger partial charge in [0, 0.05) is 30.6 Å². The molecule has 1 atom stereocenters. The molecule has 0 bridgehead atoms. The third kappa shape index (κ3) is 3.95. The van der Waals surface area contributed by atoms with Gasteiger partial charge in [0.2, 0.25) is 0 Å². The second-order valence-corrected chi connectivity index (χ2v) is 6.42. The molecule has 0 radical (unpaired) electrons. The van der Waals surface area contributed by atoms with E-state index in [1.165, 1.54) is 37.2 Å². The van der Waals surface area contributed by atoms with E-state index in [2.05, 4.69) is 23.2 Å². The van der Waals surface area contributed by atoms with E-state index in [9.17, 15) is 0 Å². The van der Waals surface area contributed by atoms with Gasteiger partial charge >= 0.3 is 0 Å². The van der Waals surface area contributed by atoms with Gasteiger partial charge in [0.05, 0.1) is 4.34 Å². The van der Waals surface area contributed by atoms with Crippen molar-refractivity contribution in [2.24, 2.45) is 0 Å². The first-order valence-electron chi connectivity index (χ1n) is 6.48. The van der Waals surface area contributed by atoms with Gasteiger partial charge < -0.3 is 5.32 Å². The molecular weight excluding hydrogens is 252 g/mol. The van der Waals surface area contributed by atoms with Gasteiger partial charge in [-0.1, -0.05) is 18.5 Å². The van der Waals surface area contributed by atoms with Crippen LogP contribution in [0.25, 0.3) is 0 Å². The van der Waals surface area contributed by atoms with Crippen molar-refractivity contribution in [1.82, 2.24) is 10.2 Å². The molecule has 1 aliphatic heterocycles. The van der Waals surface area contributed by atoms with Crippen LogP contribution >= 0.6 is 22.9 Å². The van der Waals surface area contributed by atoms with Crippen molar-refractivity contribution in [3.8, 4) is 0 Å². The topological polar surface area (TPSA) is 15.3 Å². The highest BCUT2D eigenvalue weighted by atomic mass is 35.5. The summed E-state index contributed by atoms with van der Waals surface area (Å²) in [6, 6.07) is 4.90. The number of nitrogens with zero attached hydrogens (tertiary/aromatic N) is 1. The third-order valence-electron chi connectivity index (χ3n) is 3.47. The summed E-state index contributed by atoms with van der Waals surface area (Å²) < 4.78 is 0.882. The fourth-order valence-electron chi connectivity index (χ4n) is 2.53. The minimum atomic E-state index is 0.827. The van der Waals surface area contributed by atoms with Crippen LogP contribution in [0.2, 0.25) is 4.34 Å². The van der Waals surface area contributed by atoms with E-state index in [-0.39, 0.29) is 0 Å². The van der Waals surface area contributed by atoms with E-state index in [0.717, 1.165) is 23.5 Å². The van der Waals surface area contributed by atoms with E-state index in [1.807, 2.05) is 6.07 Å². The van der Waals surface area contributed by atoms with Crippen LogP contribution in [0.15, 0.2) is 12.1 Å². The Morgan fingerprint density at radius 1 is 1.53 bits per heavy atom. The zero-order valence-corrected chi connectivity index (χ0v) is 12.0. The lowest BCUT2D eigenvalue weighted by Gasteiger charge is -2.23. The number of thiophene rings is 1. The van der Waals surface area contributed by atoms with E-state index in [4.69, 9.17) is 11.6 Å². The van der Waals surface area contributed by atoms with Crippen LogP contribution in [0.1, 0.15) is 31.1 Å². The summed E-state index contributed by atoms with van der Waals surface area (Å²) in [5.41, 5.74) is 0. The molecule has 1 aromatic heterocycles. The molecule has 1 saturated heterocycles. The van der Waals surface area contributed by atoms with Crippen LogP contribution in [0.3, 0.4) is 0 Å². The highest BCUT2D eigenvalue weighted by Crippen LogP contribution is 2.21. The van der Waals surface area contributed by atoms with Crippen LogP contribution in [0.5, 0.6) is 0 Å². The quantitative estimate of drug-likeness (QED) is 0.799. The first kappa shape index (κ1) is 13.3. The molecule has 0 spiro atoms. The summed E-state index contributed by atoms with van der Waals surface area (Å²) in [6.45, 7) is 6.78. The maximum atomic E-state index is 5.90. The molecular formula is C13H21ClN2S. The van der Waals surface area contributed by atoms with Crippen molar-refractivity contribution in [3.63, 3.8) is 0 Å². The molecule has 1 N–H and O–H groups in total. The van der Waals surface area contributed by atoms with Crippen LogP contribution < -0.4 is 5.32 Å². The monoisotopic (exact) mass is 272 g/mol. The number of nitrogens with one attached hydrogen (secondary N) is 1. The molecule has 96 valence electrons. The van der Waals surface area contributed by atoms with E-state index >= 15 is 0 Å². The molecule has 0 saturated carbocycles. The zero-order valence-electron chi connectivity index (χ0n) is 10.4. The van der Waals surface area contributed by atoms with Crippen LogP contribution in [0.4, 0.5) is 0 Å². The van der Waals surface area contributed by atoms with Crippen molar-refractivity contribution < 1.29 is 0 Å². The summed E-state index contributed by atoms with van der Waals surface area (Å²) in [7, 11) is 0. The SMILES string of the molecule is CCC1CCCN1CCNCc1ccc(Cl)s1. The minimum absolute atomic E-state index is 0.827. The molecule has 0 amide bonds. The molecule has 4 heteroatoms. The number of halogens is 1. The Labute approximate surface area is 113 Å². The average molecular weight is 273 g/mol. The number of likely N-dealkylation sites (tertiary alicyclic amines) is 1. The summed E-state index contributed by atoms with van der Waals surface area (Å²) in [6.07, 6.45) is 4.05. The fraction of sp³-hybridized carbons (Fsp3) is 0.692. The van der Waals surface area contributed by atoms with Crippen molar-refractivity contribution in [2.45, 2.75) is 38.8 Å². The van der Waals surface area contributed by atoms with E-state index in [1.54, 1.807) is 11.3 Å². The normalized spacial score (nSPS) is 21.2. The smallest absolute Gasteiger partial charge is 0.0931 e. The predicted molar refractivity (Wildman–Crippen MR) is 75.9 cm³/mol. The third-order valence-corrected chi connectivity index (χ3v) is 4.71. The van der Waals surface area contributed by atoms with Crippen molar-refractivity contribution in [2.75, 3.05) is 19.6 Å². The Morgan fingerprint density at radius 3 is 3.12 bits per heavy atom. The first-order valence-corrected chi connectivity index (χ1v) is 7.68. The molecule has 0 aromatic carbocycles. The van der Waals surface area contributed by atoms with E-state index < -0.39 is 0 Å². The van der Waals surface area contributed by atoms with Gasteiger partial charge in [-0.15, -0.1) is 11.3 Å². The molecule has 17 heavy (non-hydrogen) atoms. The Hall–Kier alpha value is -0.0900. The Balaban J connectivity index is 1.63.